The summed E-state index contributed by atoms with van der Waals surface area (Å²) >= 11 is 3.17. The smallest absolute Gasteiger partial charge is 0.319 e. The van der Waals surface area contributed by atoms with Crippen molar-refractivity contribution in [3.63, 3.8) is 0 Å². The SMILES string of the molecule is O=C(NCCc1nccn1C(F)F)c1ccc(Br)cc1O. The highest BCUT2D eigenvalue weighted by Gasteiger charge is 2.13. The van der Waals surface area contributed by atoms with Crippen LogP contribution in [0.3, 0.4) is 0 Å². The average molecular weight is 360 g/mol. The minimum atomic E-state index is -2.66. The summed E-state index contributed by atoms with van der Waals surface area (Å²) in [5.74, 6) is -0.448. The molecule has 0 unspecified atom stereocenters. The molecular formula is C13H12BrF2N3O2. The van der Waals surface area contributed by atoms with E-state index in [1.165, 1.54) is 24.5 Å². The molecule has 2 rings (SSSR count). The van der Waals surface area contributed by atoms with Crippen LogP contribution in [-0.2, 0) is 6.42 Å². The standard InChI is InChI=1S/C13H12BrF2N3O2/c14-8-1-2-9(10(20)7-8)12(21)18-4-3-11-17-5-6-19(11)13(15)16/h1-2,5-7,13,20H,3-4H2,(H,18,21). The Morgan fingerprint density at radius 3 is 2.90 bits per heavy atom. The number of rotatable bonds is 5. The summed E-state index contributed by atoms with van der Waals surface area (Å²) in [7, 11) is 0. The molecule has 0 spiro atoms. The molecule has 0 bridgehead atoms. The second-order valence-corrected chi connectivity index (χ2v) is 5.11. The Bertz CT molecular complexity index is 646. The van der Waals surface area contributed by atoms with Gasteiger partial charge in [-0.2, -0.15) is 8.78 Å². The van der Waals surface area contributed by atoms with Gasteiger partial charge in [0.05, 0.1) is 5.56 Å². The fraction of sp³-hybridized carbons (Fsp3) is 0.231. The summed E-state index contributed by atoms with van der Waals surface area (Å²) in [6.07, 6.45) is 2.63. The number of hydrogen-bond donors (Lipinski definition) is 2. The van der Waals surface area contributed by atoms with Crippen molar-refractivity contribution in [3.05, 3.63) is 46.5 Å². The first kappa shape index (κ1) is 15.4. The van der Waals surface area contributed by atoms with Crippen LogP contribution in [0.2, 0.25) is 0 Å². The molecule has 0 fully saturated rings. The van der Waals surface area contributed by atoms with E-state index in [2.05, 4.69) is 26.2 Å². The third-order valence-corrected chi connectivity index (χ3v) is 3.29. The predicted molar refractivity (Wildman–Crippen MR) is 75.3 cm³/mol. The number of hydrogen-bond acceptors (Lipinski definition) is 3. The fourth-order valence-electron chi connectivity index (χ4n) is 1.80. The number of carbonyl (C=O) groups is 1. The first-order valence-corrected chi connectivity index (χ1v) is 6.85. The number of aromatic hydroxyl groups is 1. The third-order valence-electron chi connectivity index (χ3n) is 2.80. The largest absolute Gasteiger partial charge is 0.507 e. The second kappa shape index (κ2) is 6.66. The molecule has 1 heterocycles. The van der Waals surface area contributed by atoms with E-state index in [1.807, 2.05) is 0 Å². The molecule has 2 aromatic rings. The Balaban J connectivity index is 1.94. The molecule has 5 nitrogen and oxygen atoms in total. The highest BCUT2D eigenvalue weighted by atomic mass is 79.9. The van der Waals surface area contributed by atoms with Crippen LogP contribution >= 0.6 is 15.9 Å². The van der Waals surface area contributed by atoms with Crippen LogP contribution in [0.5, 0.6) is 5.75 Å². The summed E-state index contributed by atoms with van der Waals surface area (Å²) in [6.45, 7) is -2.52. The first-order chi connectivity index (χ1) is 9.99. The van der Waals surface area contributed by atoms with Gasteiger partial charge in [-0.25, -0.2) is 4.98 Å². The van der Waals surface area contributed by atoms with Gasteiger partial charge < -0.3 is 10.4 Å². The van der Waals surface area contributed by atoms with Crippen LogP contribution in [-0.4, -0.2) is 27.1 Å². The van der Waals surface area contributed by atoms with Crippen molar-refractivity contribution < 1.29 is 18.7 Å². The number of amides is 1. The van der Waals surface area contributed by atoms with E-state index < -0.39 is 12.5 Å². The summed E-state index contributed by atoms with van der Waals surface area (Å²) in [6, 6.07) is 4.49. The molecule has 0 saturated carbocycles. The highest BCUT2D eigenvalue weighted by Crippen LogP contribution is 2.22. The molecular weight excluding hydrogens is 348 g/mol. The van der Waals surface area contributed by atoms with Gasteiger partial charge in [0.15, 0.2) is 0 Å². The summed E-state index contributed by atoms with van der Waals surface area (Å²) in [5, 5.41) is 12.2. The topological polar surface area (TPSA) is 67.2 Å². The van der Waals surface area contributed by atoms with E-state index in [9.17, 15) is 18.7 Å². The average Bonchev–Trinajstić information content (AvgIpc) is 2.87. The number of benzene rings is 1. The maximum atomic E-state index is 12.6. The van der Waals surface area contributed by atoms with E-state index in [0.29, 0.717) is 4.47 Å². The Labute approximate surface area is 127 Å². The van der Waals surface area contributed by atoms with Gasteiger partial charge in [0.2, 0.25) is 0 Å². The van der Waals surface area contributed by atoms with Crippen LogP contribution in [0.4, 0.5) is 8.78 Å². The first-order valence-electron chi connectivity index (χ1n) is 6.05. The quantitative estimate of drug-likeness (QED) is 0.862. The molecule has 0 aliphatic heterocycles. The molecule has 8 heteroatoms. The Morgan fingerprint density at radius 2 is 2.24 bits per heavy atom. The lowest BCUT2D eigenvalue weighted by atomic mass is 10.2. The third kappa shape index (κ3) is 3.78. The van der Waals surface area contributed by atoms with Gasteiger partial charge in [0.25, 0.3) is 5.91 Å². The maximum absolute atomic E-state index is 12.6. The van der Waals surface area contributed by atoms with E-state index >= 15 is 0 Å². The number of imidazole rings is 1. The lowest BCUT2D eigenvalue weighted by Gasteiger charge is -2.08. The highest BCUT2D eigenvalue weighted by molar-refractivity contribution is 9.10. The van der Waals surface area contributed by atoms with Gasteiger partial charge in [0, 0.05) is 29.8 Å². The molecule has 1 aromatic carbocycles. The zero-order valence-electron chi connectivity index (χ0n) is 10.8. The van der Waals surface area contributed by atoms with Crippen molar-refractivity contribution in [1.82, 2.24) is 14.9 Å². The molecule has 0 radical (unpaired) electrons. The van der Waals surface area contributed by atoms with Crippen molar-refractivity contribution in [2.45, 2.75) is 13.0 Å². The fourth-order valence-corrected chi connectivity index (χ4v) is 2.14. The van der Waals surface area contributed by atoms with Crippen molar-refractivity contribution in [1.29, 1.82) is 0 Å². The van der Waals surface area contributed by atoms with Crippen LogP contribution in [0, 0.1) is 0 Å². The number of carbonyl (C=O) groups excluding carboxylic acids is 1. The lowest BCUT2D eigenvalue weighted by Crippen LogP contribution is -2.26. The minimum absolute atomic E-state index is 0.121. The molecule has 0 saturated heterocycles. The van der Waals surface area contributed by atoms with Gasteiger partial charge in [-0.15, -0.1) is 0 Å². The number of phenols is 1. The molecule has 0 aliphatic rings. The number of phenolic OH excluding ortho intramolecular Hbond substituents is 1. The van der Waals surface area contributed by atoms with Gasteiger partial charge in [-0.1, -0.05) is 15.9 Å². The summed E-state index contributed by atoms with van der Waals surface area (Å²) in [5.41, 5.74) is 0.121. The molecule has 0 aliphatic carbocycles. The van der Waals surface area contributed by atoms with Crippen LogP contribution in [0.15, 0.2) is 35.1 Å². The van der Waals surface area contributed by atoms with Crippen molar-refractivity contribution in [3.8, 4) is 5.75 Å². The van der Waals surface area contributed by atoms with Crippen LogP contribution in [0.1, 0.15) is 22.7 Å². The number of halogens is 3. The molecule has 0 atom stereocenters. The maximum Gasteiger partial charge on any atom is 0.319 e. The zero-order chi connectivity index (χ0) is 15.4. The Morgan fingerprint density at radius 1 is 1.48 bits per heavy atom. The van der Waals surface area contributed by atoms with E-state index in [4.69, 9.17) is 0 Å². The minimum Gasteiger partial charge on any atom is -0.507 e. The summed E-state index contributed by atoms with van der Waals surface area (Å²) in [4.78, 5) is 15.7. The normalized spacial score (nSPS) is 10.9. The van der Waals surface area contributed by atoms with Crippen LogP contribution < -0.4 is 5.32 Å². The van der Waals surface area contributed by atoms with E-state index in [0.717, 1.165) is 4.57 Å². The molecule has 21 heavy (non-hydrogen) atoms. The van der Waals surface area contributed by atoms with Crippen molar-refractivity contribution in [2.24, 2.45) is 0 Å². The Kier molecular flexibility index (Phi) is 4.89. The van der Waals surface area contributed by atoms with Gasteiger partial charge in [-0.05, 0) is 18.2 Å². The van der Waals surface area contributed by atoms with Gasteiger partial charge in [0.1, 0.15) is 11.6 Å². The molecule has 2 N–H and O–H groups in total. The number of aromatic nitrogens is 2. The van der Waals surface area contributed by atoms with E-state index in [-0.39, 0.29) is 30.1 Å². The Hall–Kier alpha value is -1.96. The molecule has 1 aromatic heterocycles. The summed E-state index contributed by atoms with van der Waals surface area (Å²) < 4.78 is 26.6. The second-order valence-electron chi connectivity index (χ2n) is 4.20. The molecule has 112 valence electrons. The monoisotopic (exact) mass is 359 g/mol. The lowest BCUT2D eigenvalue weighted by molar-refractivity contribution is 0.0670. The van der Waals surface area contributed by atoms with Crippen molar-refractivity contribution in [2.75, 3.05) is 6.54 Å². The number of nitrogens with one attached hydrogen (secondary N) is 1. The molecule has 1 amide bonds. The van der Waals surface area contributed by atoms with Gasteiger partial charge in [-0.3, -0.25) is 9.36 Å². The zero-order valence-corrected chi connectivity index (χ0v) is 12.3. The number of nitrogens with zero attached hydrogens (tertiary/aromatic N) is 2. The van der Waals surface area contributed by atoms with Crippen molar-refractivity contribution >= 4 is 21.8 Å². The van der Waals surface area contributed by atoms with Crippen LogP contribution in [0.25, 0.3) is 0 Å². The number of alkyl halides is 2. The predicted octanol–water partition coefficient (Wildman–Crippen LogP) is 2.72. The van der Waals surface area contributed by atoms with Gasteiger partial charge >= 0.3 is 6.55 Å². The van der Waals surface area contributed by atoms with E-state index in [1.54, 1.807) is 6.07 Å².